The van der Waals surface area contributed by atoms with Crippen molar-refractivity contribution in [1.29, 1.82) is 0 Å². The van der Waals surface area contributed by atoms with Gasteiger partial charge in [-0.1, -0.05) is 18.2 Å². The highest BCUT2D eigenvalue weighted by Gasteiger charge is 2.18. The molecule has 6 heteroatoms. The monoisotopic (exact) mass is 387 g/mol. The van der Waals surface area contributed by atoms with Crippen LogP contribution in [0.3, 0.4) is 0 Å². The van der Waals surface area contributed by atoms with Crippen molar-refractivity contribution in [1.82, 2.24) is 15.1 Å². The topological polar surface area (TPSA) is 61.5 Å². The minimum atomic E-state index is 0.262. The lowest BCUT2D eigenvalue weighted by Crippen LogP contribution is -2.16. The summed E-state index contributed by atoms with van der Waals surface area (Å²) in [6.45, 7) is 1.79. The first-order valence-electron chi connectivity index (χ1n) is 9.64. The summed E-state index contributed by atoms with van der Waals surface area (Å²) in [5.74, 6) is 2.51. The Balaban J connectivity index is 1.41. The number of aromatic nitrogens is 2. The van der Waals surface area contributed by atoms with Crippen molar-refractivity contribution in [3.05, 3.63) is 84.4 Å². The third-order valence-electron chi connectivity index (χ3n) is 4.90. The van der Waals surface area contributed by atoms with Crippen LogP contribution >= 0.6 is 0 Å². The predicted octanol–water partition coefficient (Wildman–Crippen LogP) is 4.19. The Morgan fingerprint density at radius 3 is 2.72 bits per heavy atom. The predicted molar refractivity (Wildman–Crippen MR) is 109 cm³/mol. The van der Waals surface area contributed by atoms with E-state index >= 15 is 0 Å². The van der Waals surface area contributed by atoms with Crippen LogP contribution in [0, 0.1) is 0 Å². The maximum Gasteiger partial charge on any atom is 0.231 e. The molecule has 1 aliphatic rings. The summed E-state index contributed by atoms with van der Waals surface area (Å²) < 4.78 is 18.3. The van der Waals surface area contributed by atoms with Crippen molar-refractivity contribution < 1.29 is 13.9 Å². The van der Waals surface area contributed by atoms with Gasteiger partial charge in [0.25, 0.3) is 0 Å². The number of benzene rings is 2. The largest absolute Gasteiger partial charge is 0.469 e. The summed E-state index contributed by atoms with van der Waals surface area (Å²) in [6, 6.07) is 20.0. The van der Waals surface area contributed by atoms with Crippen LogP contribution in [-0.2, 0) is 13.0 Å². The fraction of sp³-hybridized carbons (Fsp3) is 0.174. The van der Waals surface area contributed by atoms with Gasteiger partial charge in [0.15, 0.2) is 11.5 Å². The molecule has 2 aromatic carbocycles. The van der Waals surface area contributed by atoms with Crippen LogP contribution in [0.5, 0.6) is 11.5 Å². The SMILES string of the molecule is c1ccc(-n2cc(CNCCc3ccco3)c(-c3ccc4c(c3)OCO4)n2)cc1. The van der Waals surface area contributed by atoms with E-state index in [-0.39, 0.29) is 6.79 Å². The van der Waals surface area contributed by atoms with Crippen LogP contribution in [0.1, 0.15) is 11.3 Å². The van der Waals surface area contributed by atoms with Gasteiger partial charge in [0, 0.05) is 36.8 Å². The van der Waals surface area contributed by atoms with Gasteiger partial charge in [-0.05, 0) is 42.5 Å². The highest BCUT2D eigenvalue weighted by atomic mass is 16.7. The molecule has 2 aromatic heterocycles. The molecule has 0 amide bonds. The molecule has 0 fully saturated rings. The number of furan rings is 1. The van der Waals surface area contributed by atoms with Crippen molar-refractivity contribution in [2.45, 2.75) is 13.0 Å². The quantitative estimate of drug-likeness (QED) is 0.482. The number of fused-ring (bicyclic) bond motifs is 1. The molecule has 6 nitrogen and oxygen atoms in total. The first-order valence-corrected chi connectivity index (χ1v) is 9.64. The summed E-state index contributed by atoms with van der Waals surface area (Å²) in [7, 11) is 0. The van der Waals surface area contributed by atoms with Crippen molar-refractivity contribution in [3.63, 3.8) is 0 Å². The number of hydrogen-bond acceptors (Lipinski definition) is 5. The van der Waals surface area contributed by atoms with Gasteiger partial charge in [0.2, 0.25) is 6.79 Å². The average Bonchev–Trinajstić information content (AvgIpc) is 3.52. The molecule has 5 rings (SSSR count). The van der Waals surface area contributed by atoms with E-state index in [4.69, 9.17) is 19.0 Å². The molecule has 0 aliphatic carbocycles. The maximum absolute atomic E-state index is 5.55. The zero-order valence-corrected chi connectivity index (χ0v) is 15.9. The third kappa shape index (κ3) is 3.75. The second-order valence-corrected chi connectivity index (χ2v) is 6.86. The molecule has 29 heavy (non-hydrogen) atoms. The Hall–Kier alpha value is -3.51. The standard InChI is InChI=1S/C23H21N3O3/c1-2-5-19(6-3-1)26-15-18(14-24-11-10-20-7-4-12-27-20)23(25-26)17-8-9-21-22(13-17)29-16-28-21/h1-9,12-13,15,24H,10-11,14,16H2. The van der Waals surface area contributed by atoms with Crippen molar-refractivity contribution in [2.24, 2.45) is 0 Å². The van der Waals surface area contributed by atoms with Gasteiger partial charge in [0.05, 0.1) is 17.6 Å². The molecule has 3 heterocycles. The van der Waals surface area contributed by atoms with E-state index in [1.807, 2.05) is 65.3 Å². The zero-order chi connectivity index (χ0) is 19.5. The lowest BCUT2D eigenvalue weighted by atomic mass is 10.1. The first-order chi connectivity index (χ1) is 14.4. The molecule has 0 radical (unpaired) electrons. The van der Waals surface area contributed by atoms with E-state index in [2.05, 4.69) is 11.5 Å². The first kappa shape index (κ1) is 17.6. The van der Waals surface area contributed by atoms with Crippen LogP contribution in [0.2, 0.25) is 0 Å². The minimum absolute atomic E-state index is 0.262. The molecule has 146 valence electrons. The number of nitrogens with zero attached hydrogens (tertiary/aromatic N) is 2. The van der Waals surface area contributed by atoms with Gasteiger partial charge in [-0.15, -0.1) is 0 Å². The Morgan fingerprint density at radius 1 is 0.966 bits per heavy atom. The molecule has 1 N–H and O–H groups in total. The van der Waals surface area contributed by atoms with E-state index in [0.29, 0.717) is 6.54 Å². The summed E-state index contributed by atoms with van der Waals surface area (Å²) in [5, 5.41) is 8.36. The maximum atomic E-state index is 5.55. The van der Waals surface area contributed by atoms with Crippen molar-refractivity contribution in [3.8, 4) is 28.4 Å². The van der Waals surface area contributed by atoms with Crippen LogP contribution in [0.15, 0.2) is 77.5 Å². The van der Waals surface area contributed by atoms with Crippen molar-refractivity contribution in [2.75, 3.05) is 13.3 Å². The van der Waals surface area contributed by atoms with Gasteiger partial charge in [0.1, 0.15) is 5.76 Å². The third-order valence-corrected chi connectivity index (χ3v) is 4.90. The molecule has 1 aliphatic heterocycles. The molecule has 4 aromatic rings. The van der Waals surface area contributed by atoms with Gasteiger partial charge < -0.3 is 19.2 Å². The van der Waals surface area contributed by atoms with E-state index in [9.17, 15) is 0 Å². The lowest BCUT2D eigenvalue weighted by molar-refractivity contribution is 0.174. The molecule has 0 saturated heterocycles. The van der Waals surface area contributed by atoms with Crippen LogP contribution < -0.4 is 14.8 Å². The summed E-state index contributed by atoms with van der Waals surface area (Å²) in [5.41, 5.74) is 4.08. The summed E-state index contributed by atoms with van der Waals surface area (Å²) >= 11 is 0. The fourth-order valence-corrected chi connectivity index (χ4v) is 3.43. The zero-order valence-electron chi connectivity index (χ0n) is 15.9. The number of rotatable bonds is 7. The normalized spacial score (nSPS) is 12.4. The molecular weight excluding hydrogens is 366 g/mol. The summed E-state index contributed by atoms with van der Waals surface area (Å²) in [6.07, 6.45) is 4.63. The van der Waals surface area contributed by atoms with Crippen LogP contribution in [0.4, 0.5) is 0 Å². The molecule has 0 unspecified atom stereocenters. The Bertz CT molecular complexity index is 1090. The smallest absolute Gasteiger partial charge is 0.231 e. The fourth-order valence-electron chi connectivity index (χ4n) is 3.43. The Kier molecular flexibility index (Phi) is 4.76. The van der Waals surface area contributed by atoms with Crippen LogP contribution in [-0.4, -0.2) is 23.1 Å². The highest BCUT2D eigenvalue weighted by Crippen LogP contribution is 2.36. The lowest BCUT2D eigenvalue weighted by Gasteiger charge is -2.05. The second-order valence-electron chi connectivity index (χ2n) is 6.86. The van der Waals surface area contributed by atoms with E-state index in [0.717, 1.165) is 52.7 Å². The molecule has 0 atom stereocenters. The molecule has 0 bridgehead atoms. The van der Waals surface area contributed by atoms with Gasteiger partial charge in [-0.2, -0.15) is 5.10 Å². The Morgan fingerprint density at radius 2 is 1.86 bits per heavy atom. The molecule has 0 saturated carbocycles. The van der Waals surface area contributed by atoms with Gasteiger partial charge in [-0.25, -0.2) is 4.68 Å². The number of nitrogens with one attached hydrogen (secondary N) is 1. The number of hydrogen-bond donors (Lipinski definition) is 1. The van der Waals surface area contributed by atoms with Gasteiger partial charge >= 0.3 is 0 Å². The second kappa shape index (κ2) is 7.85. The highest BCUT2D eigenvalue weighted by molar-refractivity contribution is 5.67. The number of ether oxygens (including phenoxy) is 2. The Labute approximate surface area is 168 Å². The van der Waals surface area contributed by atoms with E-state index < -0.39 is 0 Å². The van der Waals surface area contributed by atoms with E-state index in [1.54, 1.807) is 6.26 Å². The van der Waals surface area contributed by atoms with E-state index in [1.165, 1.54) is 0 Å². The average molecular weight is 387 g/mol. The van der Waals surface area contributed by atoms with Crippen molar-refractivity contribution >= 4 is 0 Å². The number of para-hydroxylation sites is 1. The molecule has 0 spiro atoms. The molecular formula is C23H21N3O3. The van der Waals surface area contributed by atoms with Crippen LogP contribution in [0.25, 0.3) is 16.9 Å². The minimum Gasteiger partial charge on any atom is -0.469 e. The van der Waals surface area contributed by atoms with Gasteiger partial charge in [-0.3, -0.25) is 0 Å². The summed E-state index contributed by atoms with van der Waals surface area (Å²) in [4.78, 5) is 0.